The van der Waals surface area contributed by atoms with Crippen LogP contribution in [0.2, 0.25) is 0 Å². The van der Waals surface area contributed by atoms with Crippen molar-refractivity contribution in [1.29, 1.82) is 0 Å². The van der Waals surface area contributed by atoms with E-state index in [-0.39, 0.29) is 5.13 Å². The first-order chi connectivity index (χ1) is 14.5. The predicted molar refractivity (Wildman–Crippen MR) is 115 cm³/mol. The number of aromatic nitrogens is 1. The molecule has 0 aliphatic carbocycles. The van der Waals surface area contributed by atoms with E-state index in [0.717, 1.165) is 24.3 Å². The van der Waals surface area contributed by atoms with Crippen molar-refractivity contribution in [2.45, 2.75) is 6.92 Å². The van der Waals surface area contributed by atoms with Gasteiger partial charge in [-0.25, -0.2) is 13.8 Å². The lowest BCUT2D eigenvalue weighted by Gasteiger charge is -2.35. The molecule has 2 aromatic carbocycles. The van der Waals surface area contributed by atoms with Crippen LogP contribution in [0.4, 0.5) is 19.6 Å². The van der Waals surface area contributed by atoms with Gasteiger partial charge in [0, 0.05) is 31.9 Å². The number of likely N-dealkylation sites (N-methyl/N-ethyl adjacent to an activating group) is 1. The highest BCUT2D eigenvalue weighted by atomic mass is 32.1. The number of fused-ring (bicyclic) bond motifs is 1. The molecule has 0 atom stereocenters. The van der Waals surface area contributed by atoms with Gasteiger partial charge in [0.15, 0.2) is 5.13 Å². The number of piperazine rings is 1. The van der Waals surface area contributed by atoms with Gasteiger partial charge in [0.05, 0.1) is 11.8 Å². The van der Waals surface area contributed by atoms with Gasteiger partial charge in [-0.3, -0.25) is 10.1 Å². The minimum atomic E-state index is -0.890. The molecule has 1 saturated heterocycles. The summed E-state index contributed by atoms with van der Waals surface area (Å²) in [5, 5.41) is 2.75. The summed E-state index contributed by atoms with van der Waals surface area (Å²) in [6, 6.07) is 7.84. The first kappa shape index (κ1) is 20.5. The Kier molecular flexibility index (Phi) is 5.83. The van der Waals surface area contributed by atoms with Crippen LogP contribution < -0.4 is 15.0 Å². The molecule has 0 bridgehead atoms. The number of nitrogens with one attached hydrogen (secondary N) is 1. The van der Waals surface area contributed by atoms with Crippen LogP contribution in [0.5, 0.6) is 5.75 Å². The van der Waals surface area contributed by atoms with E-state index in [1.54, 1.807) is 6.07 Å². The zero-order valence-corrected chi connectivity index (χ0v) is 17.6. The minimum absolute atomic E-state index is 0.248. The van der Waals surface area contributed by atoms with Crippen LogP contribution in [0.15, 0.2) is 30.3 Å². The van der Waals surface area contributed by atoms with E-state index >= 15 is 0 Å². The second-order valence-electron chi connectivity index (χ2n) is 6.99. The molecule has 6 nitrogen and oxygen atoms in total. The molecule has 3 aromatic rings. The summed E-state index contributed by atoms with van der Waals surface area (Å²) in [6.07, 6.45) is 0. The number of halogens is 2. The van der Waals surface area contributed by atoms with Crippen LogP contribution in [0.25, 0.3) is 10.2 Å². The summed E-state index contributed by atoms with van der Waals surface area (Å²) in [6.45, 7) is 6.08. The fraction of sp³-hybridized carbons (Fsp3) is 0.333. The zero-order valence-electron chi connectivity index (χ0n) is 16.7. The smallest absolute Gasteiger partial charge is 0.263 e. The van der Waals surface area contributed by atoms with Gasteiger partial charge >= 0.3 is 0 Å². The Balaban J connectivity index is 1.54. The van der Waals surface area contributed by atoms with Crippen molar-refractivity contribution < 1.29 is 18.3 Å². The summed E-state index contributed by atoms with van der Waals surface area (Å²) in [5.41, 5.74) is 0.419. The predicted octanol–water partition coefficient (Wildman–Crippen LogP) is 3.98. The molecule has 30 heavy (non-hydrogen) atoms. The second kappa shape index (κ2) is 8.53. The van der Waals surface area contributed by atoms with Crippen molar-refractivity contribution in [2.24, 2.45) is 0 Å². The van der Waals surface area contributed by atoms with Gasteiger partial charge in [-0.15, -0.1) is 0 Å². The number of rotatable bonds is 5. The maximum atomic E-state index is 14.7. The van der Waals surface area contributed by atoms with Crippen LogP contribution in [0, 0.1) is 11.6 Å². The van der Waals surface area contributed by atoms with Crippen molar-refractivity contribution >= 4 is 38.3 Å². The monoisotopic (exact) mass is 432 g/mol. The van der Waals surface area contributed by atoms with E-state index in [2.05, 4.69) is 22.1 Å². The summed E-state index contributed by atoms with van der Waals surface area (Å²) >= 11 is 1.21. The maximum Gasteiger partial charge on any atom is 0.263 e. The molecular formula is C21H22F2N4O2S. The third kappa shape index (κ3) is 3.95. The lowest BCUT2D eigenvalue weighted by Crippen LogP contribution is -2.46. The Morgan fingerprint density at radius 1 is 1.20 bits per heavy atom. The van der Waals surface area contributed by atoms with E-state index < -0.39 is 23.1 Å². The van der Waals surface area contributed by atoms with Crippen LogP contribution in [-0.2, 0) is 0 Å². The molecular weight excluding hydrogens is 410 g/mol. The lowest BCUT2D eigenvalue weighted by molar-refractivity contribution is 0.101. The Morgan fingerprint density at radius 3 is 2.53 bits per heavy atom. The number of benzene rings is 2. The van der Waals surface area contributed by atoms with Crippen molar-refractivity contribution in [2.75, 3.05) is 50.1 Å². The van der Waals surface area contributed by atoms with Crippen molar-refractivity contribution in [3.05, 3.63) is 47.5 Å². The molecule has 1 fully saturated rings. The Bertz CT molecular complexity index is 1060. The highest BCUT2D eigenvalue weighted by Crippen LogP contribution is 2.32. The topological polar surface area (TPSA) is 57.7 Å². The number of nitrogens with zero attached hydrogens (tertiary/aromatic N) is 3. The number of hydrogen-bond acceptors (Lipinski definition) is 6. The van der Waals surface area contributed by atoms with E-state index in [1.165, 1.54) is 30.6 Å². The molecule has 4 rings (SSSR count). The van der Waals surface area contributed by atoms with Gasteiger partial charge in [-0.1, -0.05) is 24.3 Å². The van der Waals surface area contributed by atoms with Crippen molar-refractivity contribution in [3.8, 4) is 5.75 Å². The lowest BCUT2D eigenvalue weighted by atomic mass is 10.1. The summed E-state index contributed by atoms with van der Waals surface area (Å²) in [5.74, 6) is -2.09. The summed E-state index contributed by atoms with van der Waals surface area (Å²) in [7, 11) is 1.53. The van der Waals surface area contributed by atoms with E-state index in [1.807, 2.05) is 17.0 Å². The van der Waals surface area contributed by atoms with Gasteiger partial charge in [-0.2, -0.15) is 0 Å². The SMILES string of the molecule is CCN1CCN(c2cc(F)c(C(=O)Nc3nc4c(OC)cccc4s3)c(F)c2)CC1. The number of thiazole rings is 1. The second-order valence-corrected chi connectivity index (χ2v) is 8.02. The third-order valence-corrected chi connectivity index (χ3v) is 6.20. The number of methoxy groups -OCH3 is 1. The Morgan fingerprint density at radius 2 is 1.90 bits per heavy atom. The molecule has 0 saturated carbocycles. The third-order valence-electron chi connectivity index (χ3n) is 5.26. The molecule has 1 aliphatic rings. The van der Waals surface area contributed by atoms with Crippen molar-refractivity contribution in [3.63, 3.8) is 0 Å². The summed E-state index contributed by atoms with van der Waals surface area (Å²) in [4.78, 5) is 21.1. The fourth-order valence-electron chi connectivity index (χ4n) is 3.58. The zero-order chi connectivity index (χ0) is 21.3. The van der Waals surface area contributed by atoms with Gasteiger partial charge < -0.3 is 14.5 Å². The molecule has 9 heteroatoms. The highest BCUT2D eigenvalue weighted by molar-refractivity contribution is 7.22. The number of carbonyl (C=O) groups excluding carboxylic acids is 1. The van der Waals surface area contributed by atoms with Gasteiger partial charge in [0.25, 0.3) is 5.91 Å². The molecule has 1 aromatic heterocycles. The largest absolute Gasteiger partial charge is 0.494 e. The van der Waals surface area contributed by atoms with Gasteiger partial charge in [0.2, 0.25) is 0 Å². The molecule has 0 spiro atoms. The normalized spacial score (nSPS) is 14.9. The first-order valence-electron chi connectivity index (χ1n) is 9.71. The molecule has 0 radical (unpaired) electrons. The quantitative estimate of drug-likeness (QED) is 0.661. The number of carbonyl (C=O) groups is 1. The van der Waals surface area contributed by atoms with Crippen LogP contribution in [0.1, 0.15) is 17.3 Å². The number of hydrogen-bond donors (Lipinski definition) is 1. The maximum absolute atomic E-state index is 14.7. The van der Waals surface area contributed by atoms with Crippen LogP contribution >= 0.6 is 11.3 Å². The van der Waals surface area contributed by atoms with E-state index in [4.69, 9.17) is 4.74 Å². The molecule has 2 heterocycles. The fourth-order valence-corrected chi connectivity index (χ4v) is 4.46. The molecule has 158 valence electrons. The minimum Gasteiger partial charge on any atom is -0.494 e. The van der Waals surface area contributed by atoms with Crippen LogP contribution in [0.3, 0.4) is 0 Å². The van der Waals surface area contributed by atoms with E-state index in [0.29, 0.717) is 30.0 Å². The first-order valence-corrected chi connectivity index (χ1v) is 10.5. The summed E-state index contributed by atoms with van der Waals surface area (Å²) < 4.78 is 35.5. The average molecular weight is 432 g/mol. The Labute approximate surface area is 177 Å². The standard InChI is InChI=1S/C21H22F2N4O2S/c1-3-26-7-9-27(10-8-26)13-11-14(22)18(15(23)12-13)20(28)25-21-24-19-16(29-2)5-4-6-17(19)30-21/h4-6,11-12H,3,7-10H2,1-2H3,(H,24,25,28). The van der Waals surface area contributed by atoms with Gasteiger partial charge in [-0.05, 0) is 30.8 Å². The molecule has 1 aliphatic heterocycles. The number of ether oxygens (including phenoxy) is 1. The van der Waals surface area contributed by atoms with E-state index in [9.17, 15) is 13.6 Å². The van der Waals surface area contributed by atoms with Crippen molar-refractivity contribution in [1.82, 2.24) is 9.88 Å². The number of amides is 1. The number of para-hydroxylation sites is 1. The number of anilines is 2. The highest BCUT2D eigenvalue weighted by Gasteiger charge is 2.23. The Hall–Kier alpha value is -2.78. The molecule has 0 unspecified atom stereocenters. The van der Waals surface area contributed by atoms with Gasteiger partial charge in [0.1, 0.15) is 28.5 Å². The molecule has 1 amide bonds. The molecule has 1 N–H and O–H groups in total. The average Bonchev–Trinajstić information content (AvgIpc) is 3.15. The van der Waals surface area contributed by atoms with Crippen LogP contribution in [-0.4, -0.2) is 55.6 Å².